The van der Waals surface area contributed by atoms with Crippen molar-refractivity contribution >= 4 is 5.69 Å². The number of halogens is 3. The minimum absolute atomic E-state index is 0.549. The summed E-state index contributed by atoms with van der Waals surface area (Å²) in [6, 6.07) is 7.61. The predicted molar refractivity (Wildman–Crippen MR) is 74.9 cm³/mol. The van der Waals surface area contributed by atoms with Crippen LogP contribution < -0.4 is 4.90 Å². The maximum absolute atomic E-state index is 12.7. The van der Waals surface area contributed by atoms with E-state index in [4.69, 9.17) is 5.26 Å². The van der Waals surface area contributed by atoms with Crippen LogP contribution in [0.5, 0.6) is 0 Å². The van der Waals surface area contributed by atoms with Gasteiger partial charge in [-0.25, -0.2) is 0 Å². The second-order valence-corrected chi connectivity index (χ2v) is 5.14. The molecule has 0 spiro atoms. The zero-order valence-electron chi connectivity index (χ0n) is 11.7. The highest BCUT2D eigenvalue weighted by Gasteiger charge is 2.31. The molecule has 1 aliphatic heterocycles. The molecule has 1 heterocycles. The van der Waals surface area contributed by atoms with Crippen molar-refractivity contribution in [1.29, 1.82) is 5.26 Å². The minimum atomic E-state index is -4.30. The van der Waals surface area contributed by atoms with Gasteiger partial charge in [0.25, 0.3) is 0 Å². The van der Waals surface area contributed by atoms with Gasteiger partial charge in [-0.05, 0) is 31.2 Å². The third-order valence-corrected chi connectivity index (χ3v) is 3.67. The van der Waals surface area contributed by atoms with Crippen molar-refractivity contribution < 1.29 is 13.2 Å². The molecular weight excluding hydrogens is 279 g/mol. The Morgan fingerprint density at radius 1 is 1.14 bits per heavy atom. The lowest BCUT2D eigenvalue weighted by Crippen LogP contribution is -2.46. The Morgan fingerprint density at radius 3 is 2.48 bits per heavy atom. The van der Waals surface area contributed by atoms with Crippen LogP contribution >= 0.6 is 0 Å². The number of alkyl halides is 3. The molecule has 0 aliphatic carbocycles. The van der Waals surface area contributed by atoms with Gasteiger partial charge in [0.05, 0.1) is 11.6 Å². The van der Waals surface area contributed by atoms with E-state index in [0.717, 1.165) is 32.1 Å². The number of nitrogens with zero attached hydrogens (tertiary/aromatic N) is 3. The second kappa shape index (κ2) is 6.81. The maximum Gasteiger partial charge on any atom is 0.416 e. The molecule has 0 unspecified atom stereocenters. The van der Waals surface area contributed by atoms with E-state index in [-0.39, 0.29) is 0 Å². The van der Waals surface area contributed by atoms with Gasteiger partial charge in [0.15, 0.2) is 0 Å². The van der Waals surface area contributed by atoms with Gasteiger partial charge in [0.1, 0.15) is 0 Å². The number of benzene rings is 1. The first-order chi connectivity index (χ1) is 10.0. The van der Waals surface area contributed by atoms with E-state index in [1.54, 1.807) is 6.07 Å². The van der Waals surface area contributed by atoms with Crippen molar-refractivity contribution in [2.45, 2.75) is 19.0 Å². The monoisotopic (exact) mass is 297 g/mol. The van der Waals surface area contributed by atoms with Gasteiger partial charge in [-0.3, -0.25) is 4.90 Å². The predicted octanol–water partition coefficient (Wildman–Crippen LogP) is 3.13. The molecule has 114 valence electrons. The Bertz CT molecular complexity index is 500. The van der Waals surface area contributed by atoms with E-state index in [0.29, 0.717) is 25.2 Å². The number of anilines is 1. The first-order valence-electron chi connectivity index (χ1n) is 7.02. The van der Waals surface area contributed by atoms with Crippen molar-refractivity contribution in [1.82, 2.24) is 4.90 Å². The van der Waals surface area contributed by atoms with Gasteiger partial charge in [-0.2, -0.15) is 18.4 Å². The minimum Gasteiger partial charge on any atom is -0.369 e. The molecule has 0 aromatic heterocycles. The normalized spacial score (nSPS) is 16.8. The SMILES string of the molecule is N#CCCCN1CCN(c2cccc(C(F)(F)F)c2)CC1. The molecule has 3 nitrogen and oxygen atoms in total. The molecule has 0 N–H and O–H groups in total. The van der Waals surface area contributed by atoms with Gasteiger partial charge < -0.3 is 4.90 Å². The second-order valence-electron chi connectivity index (χ2n) is 5.14. The first-order valence-corrected chi connectivity index (χ1v) is 7.02. The van der Waals surface area contributed by atoms with E-state index in [1.165, 1.54) is 12.1 Å². The highest BCUT2D eigenvalue weighted by molar-refractivity contribution is 5.49. The van der Waals surface area contributed by atoms with Gasteiger partial charge in [-0.15, -0.1) is 0 Å². The lowest BCUT2D eigenvalue weighted by molar-refractivity contribution is -0.137. The quantitative estimate of drug-likeness (QED) is 0.800. The summed E-state index contributed by atoms with van der Waals surface area (Å²) in [5.74, 6) is 0. The third kappa shape index (κ3) is 4.36. The molecule has 1 saturated heterocycles. The topological polar surface area (TPSA) is 30.3 Å². The van der Waals surface area contributed by atoms with Gasteiger partial charge in [0, 0.05) is 38.3 Å². The van der Waals surface area contributed by atoms with E-state index >= 15 is 0 Å². The highest BCUT2D eigenvalue weighted by atomic mass is 19.4. The molecule has 0 radical (unpaired) electrons. The van der Waals surface area contributed by atoms with Gasteiger partial charge >= 0.3 is 6.18 Å². The van der Waals surface area contributed by atoms with Crippen LogP contribution in [-0.2, 0) is 6.18 Å². The average molecular weight is 297 g/mol. The summed E-state index contributed by atoms with van der Waals surface area (Å²) in [5, 5.41) is 8.51. The Hall–Kier alpha value is -1.74. The van der Waals surface area contributed by atoms with Gasteiger partial charge in [-0.1, -0.05) is 6.07 Å². The lowest BCUT2D eigenvalue weighted by atomic mass is 10.1. The molecule has 2 rings (SSSR count). The van der Waals surface area contributed by atoms with E-state index in [9.17, 15) is 13.2 Å². The van der Waals surface area contributed by atoms with E-state index in [2.05, 4.69) is 11.0 Å². The molecule has 0 bridgehead atoms. The Morgan fingerprint density at radius 2 is 1.86 bits per heavy atom. The summed E-state index contributed by atoms with van der Waals surface area (Å²) in [6.45, 7) is 3.95. The molecule has 1 fully saturated rings. The van der Waals surface area contributed by atoms with Crippen molar-refractivity contribution in [3.8, 4) is 6.07 Å². The summed E-state index contributed by atoms with van der Waals surface area (Å²) in [6.07, 6.45) is -2.90. The van der Waals surface area contributed by atoms with E-state index < -0.39 is 11.7 Å². The molecule has 0 atom stereocenters. The number of hydrogen-bond donors (Lipinski definition) is 0. The Labute approximate surface area is 122 Å². The number of hydrogen-bond acceptors (Lipinski definition) is 3. The van der Waals surface area contributed by atoms with Crippen molar-refractivity contribution in [3.05, 3.63) is 29.8 Å². The fraction of sp³-hybridized carbons (Fsp3) is 0.533. The number of rotatable bonds is 4. The molecule has 6 heteroatoms. The standard InChI is InChI=1S/C15H18F3N3/c16-15(17,18)13-4-3-5-14(12-13)21-10-8-20(9-11-21)7-2-1-6-19/h3-5,12H,1-2,7-11H2. The van der Waals surface area contributed by atoms with Crippen molar-refractivity contribution in [2.75, 3.05) is 37.6 Å². The number of unbranched alkanes of at least 4 members (excludes halogenated alkanes) is 1. The molecule has 0 saturated carbocycles. The van der Waals surface area contributed by atoms with Crippen LogP contribution in [-0.4, -0.2) is 37.6 Å². The Balaban J connectivity index is 1.92. The smallest absolute Gasteiger partial charge is 0.369 e. The fourth-order valence-electron chi connectivity index (χ4n) is 2.49. The average Bonchev–Trinajstić information content (AvgIpc) is 2.47. The molecular formula is C15H18F3N3. The molecule has 1 aromatic carbocycles. The summed E-state index contributed by atoms with van der Waals surface area (Å²) < 4.78 is 38.2. The first kappa shape index (κ1) is 15.6. The van der Waals surface area contributed by atoms with Crippen LogP contribution in [0.15, 0.2) is 24.3 Å². The zero-order chi connectivity index (χ0) is 15.3. The Kier molecular flexibility index (Phi) is 5.07. The highest BCUT2D eigenvalue weighted by Crippen LogP contribution is 2.31. The number of nitriles is 1. The van der Waals surface area contributed by atoms with Crippen LogP contribution in [0.3, 0.4) is 0 Å². The maximum atomic E-state index is 12.7. The summed E-state index contributed by atoms with van der Waals surface area (Å²) in [4.78, 5) is 4.23. The van der Waals surface area contributed by atoms with Gasteiger partial charge in [0.2, 0.25) is 0 Å². The summed E-state index contributed by atoms with van der Waals surface area (Å²) in [5.41, 5.74) is 0.0259. The summed E-state index contributed by atoms with van der Waals surface area (Å²) >= 11 is 0. The van der Waals surface area contributed by atoms with Crippen LogP contribution in [0.2, 0.25) is 0 Å². The van der Waals surface area contributed by atoms with Crippen molar-refractivity contribution in [2.24, 2.45) is 0 Å². The lowest BCUT2D eigenvalue weighted by Gasteiger charge is -2.36. The van der Waals surface area contributed by atoms with E-state index in [1.807, 2.05) is 4.90 Å². The zero-order valence-corrected chi connectivity index (χ0v) is 11.7. The van der Waals surface area contributed by atoms with Crippen LogP contribution in [0.1, 0.15) is 18.4 Å². The van der Waals surface area contributed by atoms with Crippen LogP contribution in [0.25, 0.3) is 0 Å². The molecule has 1 aliphatic rings. The molecule has 0 amide bonds. The summed E-state index contributed by atoms with van der Waals surface area (Å²) in [7, 11) is 0. The third-order valence-electron chi connectivity index (χ3n) is 3.67. The van der Waals surface area contributed by atoms with Crippen LogP contribution in [0, 0.1) is 11.3 Å². The molecule has 1 aromatic rings. The van der Waals surface area contributed by atoms with Crippen LogP contribution in [0.4, 0.5) is 18.9 Å². The largest absolute Gasteiger partial charge is 0.416 e. The fourth-order valence-corrected chi connectivity index (χ4v) is 2.49. The molecule has 21 heavy (non-hydrogen) atoms. The van der Waals surface area contributed by atoms with Crippen molar-refractivity contribution in [3.63, 3.8) is 0 Å². The number of piperazine rings is 1.